The number of thiophene rings is 1. The molecule has 6 nitrogen and oxygen atoms in total. The molecule has 2 heterocycles. The van der Waals surface area contributed by atoms with Gasteiger partial charge < -0.3 is 4.42 Å². The van der Waals surface area contributed by atoms with Gasteiger partial charge in [0.05, 0.1) is 4.88 Å². The van der Waals surface area contributed by atoms with Crippen molar-refractivity contribution in [2.24, 2.45) is 0 Å². The number of hydrogen-bond acceptors (Lipinski definition) is 6. The Labute approximate surface area is 157 Å². The molecule has 1 aromatic carbocycles. The average molecular weight is 440 g/mol. The molecular weight excluding hydrogens is 426 g/mol. The average Bonchev–Trinajstić information content (AvgIpc) is 3.13. The van der Waals surface area contributed by atoms with Gasteiger partial charge in [-0.1, -0.05) is 28.4 Å². The summed E-state index contributed by atoms with van der Waals surface area (Å²) in [7, 11) is -3.66. The van der Waals surface area contributed by atoms with Crippen molar-refractivity contribution < 1.29 is 12.8 Å². The van der Waals surface area contributed by atoms with Gasteiger partial charge in [0.25, 0.3) is 15.9 Å². The lowest BCUT2D eigenvalue weighted by atomic mass is 9.85. The molecule has 0 saturated heterocycles. The molecule has 0 unspecified atom stereocenters. The number of nitrogens with zero attached hydrogens (tertiary/aromatic N) is 2. The Morgan fingerprint density at radius 2 is 2.04 bits per heavy atom. The lowest BCUT2D eigenvalue weighted by Crippen LogP contribution is -2.11. The van der Waals surface area contributed by atoms with Crippen LogP contribution in [0.1, 0.15) is 31.1 Å². The van der Waals surface area contributed by atoms with Crippen LogP contribution >= 0.6 is 27.3 Å². The second-order valence-electron chi connectivity index (χ2n) is 5.81. The van der Waals surface area contributed by atoms with Crippen molar-refractivity contribution in [3.8, 4) is 10.8 Å². The minimum Gasteiger partial charge on any atom is -0.420 e. The molecule has 0 amide bonds. The molecule has 4 rings (SSSR count). The van der Waals surface area contributed by atoms with E-state index >= 15 is 0 Å². The number of hydrogen-bond donors (Lipinski definition) is 1. The van der Waals surface area contributed by atoms with Crippen LogP contribution in [-0.4, -0.2) is 18.6 Å². The predicted molar refractivity (Wildman–Crippen MR) is 99.2 cm³/mol. The number of anilines is 1. The molecule has 2 aromatic heterocycles. The van der Waals surface area contributed by atoms with E-state index in [1.54, 1.807) is 30.3 Å². The molecule has 1 aliphatic rings. The number of halogens is 1. The van der Waals surface area contributed by atoms with Crippen molar-refractivity contribution >= 4 is 43.0 Å². The fourth-order valence-corrected chi connectivity index (χ4v) is 5.17. The van der Waals surface area contributed by atoms with Gasteiger partial charge >= 0.3 is 0 Å². The Balaban J connectivity index is 1.56. The van der Waals surface area contributed by atoms with Gasteiger partial charge in [0, 0.05) is 16.1 Å². The zero-order chi connectivity index (χ0) is 17.4. The fraction of sp³-hybridized carbons (Fsp3) is 0.250. The first-order valence-corrected chi connectivity index (χ1v) is 10.8. The van der Waals surface area contributed by atoms with Gasteiger partial charge in [-0.25, -0.2) is 8.42 Å². The van der Waals surface area contributed by atoms with Crippen LogP contribution in [0.15, 0.2) is 49.5 Å². The standard InChI is InChI=1S/C16H14BrN3O3S2/c17-11-5-2-6-12(9-11)20-25(21,22)14-8-7-13(24-14)16-19-18-15(23-16)10-3-1-4-10/h2,5-10,20H,1,3-4H2. The summed E-state index contributed by atoms with van der Waals surface area (Å²) in [5.74, 6) is 1.37. The van der Waals surface area contributed by atoms with Crippen LogP contribution in [0, 0.1) is 0 Å². The van der Waals surface area contributed by atoms with E-state index < -0.39 is 10.0 Å². The van der Waals surface area contributed by atoms with Crippen molar-refractivity contribution in [2.75, 3.05) is 4.72 Å². The highest BCUT2D eigenvalue weighted by molar-refractivity contribution is 9.10. The summed E-state index contributed by atoms with van der Waals surface area (Å²) < 4.78 is 34.4. The zero-order valence-corrected chi connectivity index (χ0v) is 16.2. The second kappa shape index (κ2) is 6.54. The SMILES string of the molecule is O=S(=O)(Nc1cccc(Br)c1)c1ccc(-c2nnc(C3CCC3)o2)s1. The van der Waals surface area contributed by atoms with Crippen molar-refractivity contribution in [2.45, 2.75) is 29.4 Å². The maximum atomic E-state index is 12.5. The molecule has 3 aromatic rings. The Morgan fingerprint density at radius 1 is 1.20 bits per heavy atom. The highest BCUT2D eigenvalue weighted by Gasteiger charge is 2.26. The quantitative estimate of drug-likeness (QED) is 0.626. The summed E-state index contributed by atoms with van der Waals surface area (Å²) in [6, 6.07) is 10.2. The van der Waals surface area contributed by atoms with Crippen LogP contribution < -0.4 is 4.72 Å². The van der Waals surface area contributed by atoms with Crippen LogP contribution in [0.2, 0.25) is 0 Å². The third-order valence-electron chi connectivity index (χ3n) is 4.03. The maximum Gasteiger partial charge on any atom is 0.271 e. The van der Waals surface area contributed by atoms with Crippen LogP contribution in [0.25, 0.3) is 10.8 Å². The highest BCUT2D eigenvalue weighted by atomic mass is 79.9. The lowest BCUT2D eigenvalue weighted by Gasteiger charge is -2.20. The molecular formula is C16H14BrN3O3S2. The van der Waals surface area contributed by atoms with Gasteiger partial charge in [-0.2, -0.15) is 0 Å². The van der Waals surface area contributed by atoms with Crippen molar-refractivity contribution in [1.29, 1.82) is 0 Å². The summed E-state index contributed by atoms with van der Waals surface area (Å²) in [6.45, 7) is 0. The van der Waals surface area contributed by atoms with Crippen molar-refractivity contribution in [1.82, 2.24) is 10.2 Å². The summed E-state index contributed by atoms with van der Waals surface area (Å²) in [4.78, 5) is 0.646. The summed E-state index contributed by atoms with van der Waals surface area (Å²) >= 11 is 4.43. The maximum absolute atomic E-state index is 12.5. The molecule has 1 N–H and O–H groups in total. The van der Waals surface area contributed by atoms with E-state index in [1.165, 1.54) is 6.42 Å². The van der Waals surface area contributed by atoms with E-state index in [4.69, 9.17) is 4.42 Å². The van der Waals surface area contributed by atoms with Gasteiger partial charge in [0.2, 0.25) is 5.89 Å². The highest BCUT2D eigenvalue weighted by Crippen LogP contribution is 2.38. The Morgan fingerprint density at radius 3 is 2.76 bits per heavy atom. The summed E-state index contributed by atoms with van der Waals surface area (Å²) in [6.07, 6.45) is 3.33. The number of nitrogens with one attached hydrogen (secondary N) is 1. The number of rotatable bonds is 5. The topological polar surface area (TPSA) is 85.1 Å². The first-order valence-electron chi connectivity index (χ1n) is 7.73. The molecule has 9 heteroatoms. The fourth-order valence-electron chi connectivity index (χ4n) is 2.49. The molecule has 130 valence electrons. The van der Waals surface area contributed by atoms with Crippen LogP contribution in [-0.2, 0) is 10.0 Å². The van der Waals surface area contributed by atoms with Crippen molar-refractivity contribution in [3.05, 3.63) is 46.8 Å². The predicted octanol–water partition coefficient (Wildman–Crippen LogP) is 4.63. The number of aromatic nitrogens is 2. The molecule has 1 saturated carbocycles. The molecule has 0 spiro atoms. The largest absolute Gasteiger partial charge is 0.420 e. The van der Waals surface area contributed by atoms with Gasteiger partial charge in [-0.05, 0) is 43.2 Å². The second-order valence-corrected chi connectivity index (χ2v) is 9.72. The molecule has 0 atom stereocenters. The smallest absolute Gasteiger partial charge is 0.271 e. The van der Waals surface area contributed by atoms with E-state index in [0.29, 0.717) is 28.3 Å². The first kappa shape index (κ1) is 16.7. The molecule has 1 fully saturated rings. The van der Waals surface area contributed by atoms with E-state index in [-0.39, 0.29) is 4.21 Å². The Bertz CT molecular complexity index is 1010. The Hall–Kier alpha value is -1.71. The molecule has 0 radical (unpaired) electrons. The lowest BCUT2D eigenvalue weighted by molar-refractivity contribution is 0.338. The summed E-state index contributed by atoms with van der Waals surface area (Å²) in [5.41, 5.74) is 0.495. The molecule has 0 aliphatic heterocycles. The van der Waals surface area contributed by atoms with Gasteiger partial charge in [-0.3, -0.25) is 4.72 Å². The first-order chi connectivity index (χ1) is 12.0. The summed E-state index contributed by atoms with van der Waals surface area (Å²) in [5, 5.41) is 8.14. The van der Waals surface area contributed by atoms with Gasteiger partial charge in [-0.15, -0.1) is 21.5 Å². The number of sulfonamides is 1. The van der Waals surface area contributed by atoms with E-state index in [2.05, 4.69) is 30.8 Å². The third kappa shape index (κ3) is 3.49. The minimum atomic E-state index is -3.66. The Kier molecular flexibility index (Phi) is 4.38. The van der Waals surface area contributed by atoms with Crippen molar-refractivity contribution in [3.63, 3.8) is 0 Å². The zero-order valence-electron chi connectivity index (χ0n) is 13.0. The van der Waals surface area contributed by atoms with Gasteiger partial charge in [0.1, 0.15) is 4.21 Å². The van der Waals surface area contributed by atoms with E-state index in [1.807, 2.05) is 6.07 Å². The monoisotopic (exact) mass is 439 g/mol. The normalized spacial score (nSPS) is 15.1. The van der Waals surface area contributed by atoms with E-state index in [0.717, 1.165) is 28.7 Å². The van der Waals surface area contributed by atoms with Crippen LogP contribution in [0.3, 0.4) is 0 Å². The molecule has 0 bridgehead atoms. The van der Waals surface area contributed by atoms with Crippen LogP contribution in [0.5, 0.6) is 0 Å². The minimum absolute atomic E-state index is 0.200. The van der Waals surface area contributed by atoms with Gasteiger partial charge in [0.15, 0.2) is 0 Å². The van der Waals surface area contributed by atoms with E-state index in [9.17, 15) is 8.42 Å². The molecule has 1 aliphatic carbocycles. The molecule has 25 heavy (non-hydrogen) atoms. The third-order valence-corrected chi connectivity index (χ3v) is 7.47. The number of benzene rings is 1. The van der Waals surface area contributed by atoms with Crippen LogP contribution in [0.4, 0.5) is 5.69 Å².